The molecular formula is C8H13NO3. The number of carbonyl (C=O) groups excluding carboxylic acids is 2. The lowest BCUT2D eigenvalue weighted by molar-refractivity contribution is -0.160. The molecule has 0 amide bonds. The fourth-order valence-corrected chi connectivity index (χ4v) is 1.14. The van der Waals surface area contributed by atoms with Crippen LogP contribution < -0.4 is 5.32 Å². The second-order valence-electron chi connectivity index (χ2n) is 2.80. The molecule has 1 rings (SSSR count). The summed E-state index contributed by atoms with van der Waals surface area (Å²) in [6.45, 7) is 2.50. The Kier molecular flexibility index (Phi) is 3.22. The molecule has 0 bridgehead atoms. The van der Waals surface area contributed by atoms with E-state index in [4.69, 9.17) is 0 Å². The van der Waals surface area contributed by atoms with Gasteiger partial charge in [-0.05, 0) is 19.4 Å². The van der Waals surface area contributed by atoms with Crippen LogP contribution in [0.2, 0.25) is 0 Å². The van der Waals surface area contributed by atoms with Gasteiger partial charge in [-0.2, -0.15) is 0 Å². The van der Waals surface area contributed by atoms with Crippen LogP contribution in [-0.4, -0.2) is 24.5 Å². The van der Waals surface area contributed by atoms with Crippen molar-refractivity contribution in [3.63, 3.8) is 0 Å². The van der Waals surface area contributed by atoms with Gasteiger partial charge < -0.3 is 10.1 Å². The van der Waals surface area contributed by atoms with Crippen molar-refractivity contribution in [2.45, 2.75) is 32.2 Å². The van der Waals surface area contributed by atoms with Crippen molar-refractivity contribution in [2.24, 2.45) is 0 Å². The Morgan fingerprint density at radius 2 is 2.33 bits per heavy atom. The van der Waals surface area contributed by atoms with Gasteiger partial charge in [-0.1, -0.05) is 6.92 Å². The van der Waals surface area contributed by atoms with Crippen LogP contribution in [0.4, 0.5) is 0 Å². The maximum absolute atomic E-state index is 11.1. The van der Waals surface area contributed by atoms with Gasteiger partial charge >= 0.3 is 11.9 Å². The molecule has 1 unspecified atom stereocenters. The van der Waals surface area contributed by atoms with Crippen LogP contribution >= 0.6 is 0 Å². The zero-order chi connectivity index (χ0) is 8.97. The maximum Gasteiger partial charge on any atom is 0.330 e. The van der Waals surface area contributed by atoms with E-state index < -0.39 is 11.9 Å². The summed E-state index contributed by atoms with van der Waals surface area (Å²) in [7, 11) is 0. The fraction of sp³-hybridized carbons (Fsp3) is 0.750. The zero-order valence-electron chi connectivity index (χ0n) is 7.13. The van der Waals surface area contributed by atoms with Gasteiger partial charge in [0.15, 0.2) is 0 Å². The maximum atomic E-state index is 11.1. The van der Waals surface area contributed by atoms with E-state index in [0.29, 0.717) is 0 Å². The summed E-state index contributed by atoms with van der Waals surface area (Å²) in [6.07, 6.45) is 1.99. The summed E-state index contributed by atoms with van der Waals surface area (Å²) >= 11 is 0. The summed E-state index contributed by atoms with van der Waals surface area (Å²) < 4.78 is 4.54. The summed E-state index contributed by atoms with van der Waals surface area (Å²) in [5.74, 6) is -0.881. The van der Waals surface area contributed by atoms with Gasteiger partial charge in [0, 0.05) is 6.42 Å². The predicted octanol–water partition coefficient (Wildman–Crippen LogP) is 0.218. The van der Waals surface area contributed by atoms with Gasteiger partial charge in [-0.25, -0.2) is 4.79 Å². The Morgan fingerprint density at radius 1 is 1.58 bits per heavy atom. The monoisotopic (exact) mass is 171 g/mol. The van der Waals surface area contributed by atoms with Gasteiger partial charge in [0.1, 0.15) is 6.04 Å². The van der Waals surface area contributed by atoms with Gasteiger partial charge in [0.2, 0.25) is 0 Å². The lowest BCUT2D eigenvalue weighted by atomic mass is 10.2. The predicted molar refractivity (Wildman–Crippen MR) is 42.4 cm³/mol. The minimum absolute atomic E-state index is 0.248. The lowest BCUT2D eigenvalue weighted by Gasteiger charge is -2.07. The first kappa shape index (κ1) is 9.19. The molecule has 0 radical (unpaired) electrons. The van der Waals surface area contributed by atoms with Crippen LogP contribution in [0.15, 0.2) is 0 Å². The molecule has 0 aromatic rings. The molecule has 0 aliphatic carbocycles. The Hall–Kier alpha value is -0.900. The smallest absolute Gasteiger partial charge is 0.330 e. The quantitative estimate of drug-likeness (QED) is 0.477. The minimum atomic E-state index is -0.450. The number of hydrogen-bond donors (Lipinski definition) is 1. The molecule has 68 valence electrons. The van der Waals surface area contributed by atoms with Crippen molar-refractivity contribution in [3.05, 3.63) is 0 Å². The Labute approximate surface area is 71.3 Å². The zero-order valence-corrected chi connectivity index (χ0v) is 7.13. The Morgan fingerprint density at radius 3 is 2.83 bits per heavy atom. The van der Waals surface area contributed by atoms with Crippen molar-refractivity contribution in [2.75, 3.05) is 6.54 Å². The van der Waals surface area contributed by atoms with Crippen LogP contribution in [0, 0.1) is 0 Å². The summed E-state index contributed by atoms with van der Waals surface area (Å²) in [6, 6.07) is -0.263. The molecule has 1 aliphatic heterocycles. The van der Waals surface area contributed by atoms with E-state index in [1.54, 1.807) is 6.92 Å². The molecule has 0 aromatic heterocycles. The number of nitrogens with one attached hydrogen (secondary N) is 1. The summed E-state index contributed by atoms with van der Waals surface area (Å²) in [5, 5.41) is 2.96. The van der Waals surface area contributed by atoms with Crippen LogP contribution in [0.5, 0.6) is 0 Å². The number of rotatable bonds is 2. The van der Waals surface area contributed by atoms with Gasteiger partial charge in [-0.3, -0.25) is 4.79 Å². The highest BCUT2D eigenvalue weighted by Crippen LogP contribution is 2.06. The number of esters is 2. The molecule has 12 heavy (non-hydrogen) atoms. The van der Waals surface area contributed by atoms with Crippen LogP contribution in [0.25, 0.3) is 0 Å². The number of hydrogen-bond acceptors (Lipinski definition) is 4. The third kappa shape index (κ3) is 2.30. The van der Waals surface area contributed by atoms with E-state index in [1.807, 2.05) is 0 Å². The average Bonchev–Trinajstić information content (AvgIpc) is 2.56. The Bertz CT molecular complexity index is 185. The molecular weight excluding hydrogens is 158 g/mol. The summed E-state index contributed by atoms with van der Waals surface area (Å²) in [5.41, 5.74) is 0. The summed E-state index contributed by atoms with van der Waals surface area (Å²) in [4.78, 5) is 21.8. The molecule has 1 atom stereocenters. The normalized spacial score (nSPS) is 22.2. The lowest BCUT2D eigenvalue weighted by Crippen LogP contribution is -2.33. The molecule has 1 heterocycles. The highest BCUT2D eigenvalue weighted by Gasteiger charge is 2.24. The van der Waals surface area contributed by atoms with E-state index >= 15 is 0 Å². The highest BCUT2D eigenvalue weighted by atomic mass is 16.6. The first-order valence-electron chi connectivity index (χ1n) is 4.22. The van der Waals surface area contributed by atoms with Crippen molar-refractivity contribution < 1.29 is 14.3 Å². The van der Waals surface area contributed by atoms with Crippen LogP contribution in [-0.2, 0) is 14.3 Å². The van der Waals surface area contributed by atoms with Crippen molar-refractivity contribution in [1.82, 2.24) is 5.32 Å². The Balaban J connectivity index is 2.32. The van der Waals surface area contributed by atoms with E-state index in [9.17, 15) is 9.59 Å². The molecule has 4 heteroatoms. The first-order valence-corrected chi connectivity index (χ1v) is 4.22. The van der Waals surface area contributed by atoms with Crippen molar-refractivity contribution in [3.8, 4) is 0 Å². The second kappa shape index (κ2) is 4.21. The minimum Gasteiger partial charge on any atom is -0.392 e. The van der Waals surface area contributed by atoms with Gasteiger partial charge in [0.05, 0.1) is 0 Å². The molecule has 0 spiro atoms. The third-order valence-electron chi connectivity index (χ3n) is 1.85. The molecule has 1 fully saturated rings. The standard InChI is InChI=1S/C8H13NO3/c1-2-7(10)12-8(11)6-4-3-5-9-6/h6,9H,2-5H2,1H3. The van der Waals surface area contributed by atoms with Crippen molar-refractivity contribution in [1.29, 1.82) is 0 Å². The molecule has 0 saturated carbocycles. The van der Waals surface area contributed by atoms with Crippen LogP contribution in [0.1, 0.15) is 26.2 Å². The van der Waals surface area contributed by atoms with E-state index in [0.717, 1.165) is 19.4 Å². The average molecular weight is 171 g/mol. The molecule has 4 nitrogen and oxygen atoms in total. The van der Waals surface area contributed by atoms with Crippen LogP contribution in [0.3, 0.4) is 0 Å². The topological polar surface area (TPSA) is 55.4 Å². The van der Waals surface area contributed by atoms with E-state index in [-0.39, 0.29) is 12.5 Å². The first-order chi connectivity index (χ1) is 5.74. The fourth-order valence-electron chi connectivity index (χ4n) is 1.14. The molecule has 0 aromatic carbocycles. The number of carbonyl (C=O) groups is 2. The highest BCUT2D eigenvalue weighted by molar-refractivity contribution is 5.88. The second-order valence-corrected chi connectivity index (χ2v) is 2.80. The van der Waals surface area contributed by atoms with Gasteiger partial charge in [0.25, 0.3) is 0 Å². The van der Waals surface area contributed by atoms with Gasteiger partial charge in [-0.15, -0.1) is 0 Å². The van der Waals surface area contributed by atoms with E-state index in [1.165, 1.54) is 0 Å². The number of ether oxygens (including phenoxy) is 1. The largest absolute Gasteiger partial charge is 0.392 e. The van der Waals surface area contributed by atoms with E-state index in [2.05, 4.69) is 10.1 Å². The van der Waals surface area contributed by atoms with Crippen molar-refractivity contribution >= 4 is 11.9 Å². The molecule has 1 aliphatic rings. The third-order valence-corrected chi connectivity index (χ3v) is 1.85. The SMILES string of the molecule is CCC(=O)OC(=O)C1CCCN1. The molecule has 1 N–H and O–H groups in total. The molecule has 1 saturated heterocycles.